The zero-order chi connectivity index (χ0) is 17.9. The molecule has 2 atom stereocenters. The van der Waals surface area contributed by atoms with Gasteiger partial charge < -0.3 is 14.7 Å². The normalized spacial score (nSPS) is 24.7. The summed E-state index contributed by atoms with van der Waals surface area (Å²) in [6, 6.07) is 8.59. The molecule has 0 spiro atoms. The first kappa shape index (κ1) is 17.1. The number of H-pyrrole nitrogens is 1. The predicted molar refractivity (Wildman–Crippen MR) is 103 cm³/mol. The number of likely N-dealkylation sites (tertiary alicyclic amines) is 1. The summed E-state index contributed by atoms with van der Waals surface area (Å²) in [5, 5.41) is 5.48. The van der Waals surface area contributed by atoms with Crippen LogP contribution < -0.4 is 0 Å². The molecule has 5 heteroatoms. The lowest BCUT2D eigenvalue weighted by molar-refractivity contribution is -0.135. The number of hydrogen-bond acceptors (Lipinski definition) is 3. The molecule has 2 aliphatic rings. The minimum absolute atomic E-state index is 0.281. The van der Waals surface area contributed by atoms with Crippen molar-refractivity contribution in [2.24, 2.45) is 11.1 Å². The van der Waals surface area contributed by atoms with Crippen LogP contribution >= 0.6 is 0 Å². The molecule has 2 aromatic rings. The number of aryl methyl sites for hydroxylation is 1. The maximum atomic E-state index is 13.0. The van der Waals surface area contributed by atoms with Gasteiger partial charge in [-0.2, -0.15) is 0 Å². The lowest BCUT2D eigenvalue weighted by Gasteiger charge is -2.44. The zero-order valence-electron chi connectivity index (χ0n) is 15.4. The highest BCUT2D eigenvalue weighted by atomic mass is 16.6. The highest BCUT2D eigenvalue weighted by Crippen LogP contribution is 2.34. The molecular formula is C21H27N3O2. The van der Waals surface area contributed by atoms with Crippen molar-refractivity contribution in [3.8, 4) is 0 Å². The molecule has 2 heterocycles. The minimum atomic E-state index is 0.281. The summed E-state index contributed by atoms with van der Waals surface area (Å²) >= 11 is 0. The van der Waals surface area contributed by atoms with Gasteiger partial charge in [-0.15, -0.1) is 0 Å². The Morgan fingerprint density at radius 3 is 3.04 bits per heavy atom. The summed E-state index contributed by atoms with van der Waals surface area (Å²) in [6.45, 7) is 0.774. The minimum Gasteiger partial charge on any atom is -0.399 e. The number of fused-ring (bicyclic) bond motifs is 2. The molecule has 0 radical (unpaired) electrons. The van der Waals surface area contributed by atoms with E-state index in [1.165, 1.54) is 23.8 Å². The number of hydrogen-bond donors (Lipinski definition) is 1. The Morgan fingerprint density at radius 1 is 1.31 bits per heavy atom. The second-order valence-corrected chi connectivity index (χ2v) is 7.42. The summed E-state index contributed by atoms with van der Waals surface area (Å²) in [7, 11) is 1.61. The fraction of sp³-hybridized carbons (Fsp3) is 0.524. The van der Waals surface area contributed by atoms with E-state index in [-0.39, 0.29) is 5.91 Å². The van der Waals surface area contributed by atoms with Crippen LogP contribution in [0.2, 0.25) is 0 Å². The maximum absolute atomic E-state index is 13.0. The number of rotatable bonds is 4. The Morgan fingerprint density at radius 2 is 2.15 bits per heavy atom. The van der Waals surface area contributed by atoms with Crippen molar-refractivity contribution in [1.29, 1.82) is 0 Å². The average molecular weight is 353 g/mol. The van der Waals surface area contributed by atoms with Gasteiger partial charge in [0, 0.05) is 48.4 Å². The Labute approximate surface area is 154 Å². The van der Waals surface area contributed by atoms with Crippen molar-refractivity contribution in [3.05, 3.63) is 36.0 Å². The first-order chi connectivity index (χ1) is 12.8. The Hall–Kier alpha value is -2.30. The summed E-state index contributed by atoms with van der Waals surface area (Å²) < 4.78 is 0. The van der Waals surface area contributed by atoms with Gasteiger partial charge in [-0.05, 0) is 30.9 Å². The van der Waals surface area contributed by atoms with Crippen molar-refractivity contribution in [2.75, 3.05) is 13.7 Å². The third kappa shape index (κ3) is 3.22. The summed E-state index contributed by atoms with van der Waals surface area (Å²) in [5.74, 6) is 0.665. The molecule has 0 bridgehead atoms. The smallest absolute Gasteiger partial charge is 0.223 e. The van der Waals surface area contributed by atoms with Gasteiger partial charge in [0.2, 0.25) is 5.91 Å². The lowest BCUT2D eigenvalue weighted by atomic mass is 9.77. The number of nitrogens with zero attached hydrogens (tertiary/aromatic N) is 2. The molecule has 1 aromatic heterocycles. The second-order valence-electron chi connectivity index (χ2n) is 7.42. The summed E-state index contributed by atoms with van der Waals surface area (Å²) in [5.41, 5.74) is 3.52. The van der Waals surface area contributed by atoms with Crippen molar-refractivity contribution < 1.29 is 9.63 Å². The monoisotopic (exact) mass is 353 g/mol. The number of piperidine rings is 1. The van der Waals surface area contributed by atoms with Crippen LogP contribution in [0.25, 0.3) is 10.9 Å². The molecule has 1 aliphatic heterocycles. The van der Waals surface area contributed by atoms with E-state index in [0.29, 0.717) is 18.4 Å². The largest absolute Gasteiger partial charge is 0.399 e. The summed E-state index contributed by atoms with van der Waals surface area (Å²) in [4.78, 5) is 23.5. The van der Waals surface area contributed by atoms with Crippen molar-refractivity contribution >= 4 is 22.5 Å². The van der Waals surface area contributed by atoms with E-state index < -0.39 is 0 Å². The molecule has 1 amide bonds. The number of amides is 1. The molecule has 4 rings (SSSR count). The molecule has 1 aromatic carbocycles. The van der Waals surface area contributed by atoms with Crippen LogP contribution in [0, 0.1) is 5.92 Å². The van der Waals surface area contributed by atoms with E-state index in [0.717, 1.165) is 43.5 Å². The molecule has 1 N–H and O–H groups in total. The molecule has 1 aliphatic carbocycles. The number of para-hydroxylation sites is 1. The van der Waals surface area contributed by atoms with Crippen molar-refractivity contribution in [1.82, 2.24) is 9.88 Å². The SMILES string of the molecule is CON=C1CCN(C(=O)CCc2c[nH]c3ccccc23)C2CCCCC12. The molecule has 138 valence electrons. The van der Waals surface area contributed by atoms with Crippen LogP contribution in [0.3, 0.4) is 0 Å². The fourth-order valence-electron chi connectivity index (χ4n) is 4.72. The van der Waals surface area contributed by atoms with Crippen LogP contribution in [0.5, 0.6) is 0 Å². The van der Waals surface area contributed by atoms with E-state index in [1.54, 1.807) is 7.11 Å². The standard InChI is InChI=1S/C21H27N3O2/c1-26-23-19-12-13-24(20-9-5-3-7-17(19)20)21(25)11-10-15-14-22-18-8-4-2-6-16(15)18/h2,4,6,8,14,17,20,22H,3,5,7,9-13H2,1H3. The molecule has 1 saturated heterocycles. The van der Waals surface area contributed by atoms with Crippen LogP contribution in [-0.2, 0) is 16.1 Å². The van der Waals surface area contributed by atoms with E-state index in [9.17, 15) is 4.79 Å². The fourth-order valence-corrected chi connectivity index (χ4v) is 4.72. The lowest BCUT2D eigenvalue weighted by Crippen LogP contribution is -2.53. The van der Waals surface area contributed by atoms with Gasteiger partial charge in [-0.3, -0.25) is 4.79 Å². The van der Waals surface area contributed by atoms with Gasteiger partial charge in [0.15, 0.2) is 0 Å². The van der Waals surface area contributed by atoms with Crippen LogP contribution in [0.4, 0.5) is 0 Å². The molecule has 2 unspecified atom stereocenters. The molecule has 5 nitrogen and oxygen atoms in total. The molecule has 1 saturated carbocycles. The number of nitrogens with one attached hydrogen (secondary N) is 1. The Kier molecular flexibility index (Phi) is 4.96. The highest BCUT2D eigenvalue weighted by molar-refractivity contribution is 5.90. The number of carbonyl (C=O) groups excluding carboxylic acids is 1. The van der Waals surface area contributed by atoms with E-state index >= 15 is 0 Å². The van der Waals surface area contributed by atoms with E-state index in [1.807, 2.05) is 12.3 Å². The third-order valence-corrected chi connectivity index (χ3v) is 5.98. The second kappa shape index (κ2) is 7.52. The number of aromatic amines is 1. The van der Waals surface area contributed by atoms with Crippen molar-refractivity contribution in [3.63, 3.8) is 0 Å². The van der Waals surface area contributed by atoms with Crippen LogP contribution in [-0.4, -0.2) is 41.2 Å². The topological polar surface area (TPSA) is 57.7 Å². The molecule has 2 fully saturated rings. The van der Waals surface area contributed by atoms with Crippen molar-refractivity contribution in [2.45, 2.75) is 51.0 Å². The molecular weight excluding hydrogens is 326 g/mol. The Bertz CT molecular complexity index is 810. The van der Waals surface area contributed by atoms with E-state index in [2.05, 4.69) is 33.2 Å². The first-order valence-electron chi connectivity index (χ1n) is 9.72. The van der Waals surface area contributed by atoms with Gasteiger partial charge in [0.1, 0.15) is 7.11 Å². The van der Waals surface area contributed by atoms with Gasteiger partial charge in [0.05, 0.1) is 5.71 Å². The average Bonchev–Trinajstić information content (AvgIpc) is 3.10. The summed E-state index contributed by atoms with van der Waals surface area (Å²) in [6.07, 6.45) is 8.88. The predicted octanol–water partition coefficient (Wildman–Crippen LogP) is 3.89. The number of aromatic nitrogens is 1. The van der Waals surface area contributed by atoms with Crippen LogP contribution in [0.1, 0.15) is 44.1 Å². The van der Waals surface area contributed by atoms with Gasteiger partial charge in [0.25, 0.3) is 0 Å². The number of benzene rings is 1. The van der Waals surface area contributed by atoms with Crippen LogP contribution in [0.15, 0.2) is 35.6 Å². The number of carbonyl (C=O) groups is 1. The third-order valence-electron chi connectivity index (χ3n) is 5.98. The first-order valence-corrected chi connectivity index (χ1v) is 9.72. The van der Waals surface area contributed by atoms with Gasteiger partial charge in [-0.25, -0.2) is 0 Å². The van der Waals surface area contributed by atoms with Gasteiger partial charge >= 0.3 is 0 Å². The maximum Gasteiger partial charge on any atom is 0.223 e. The van der Waals surface area contributed by atoms with Gasteiger partial charge in [-0.1, -0.05) is 36.2 Å². The van der Waals surface area contributed by atoms with E-state index in [4.69, 9.17) is 4.84 Å². The Balaban J connectivity index is 1.45. The molecule has 26 heavy (non-hydrogen) atoms. The zero-order valence-corrected chi connectivity index (χ0v) is 15.4. The quantitative estimate of drug-likeness (QED) is 0.848. The highest BCUT2D eigenvalue weighted by Gasteiger charge is 2.39. The number of oxime groups is 1.